The number of carbonyl (C=O) groups excluding carboxylic acids is 1. The first-order valence-electron chi connectivity index (χ1n) is 8.07. The van der Waals surface area contributed by atoms with Crippen molar-refractivity contribution < 1.29 is 14.5 Å². The van der Waals surface area contributed by atoms with Crippen molar-refractivity contribution in [1.29, 1.82) is 0 Å². The minimum Gasteiger partial charge on any atom is -0.497 e. The Morgan fingerprint density at radius 2 is 1.89 bits per heavy atom. The summed E-state index contributed by atoms with van der Waals surface area (Å²) in [5, 5.41) is 14.2. The number of nitro groups is 1. The van der Waals surface area contributed by atoms with Crippen LogP contribution in [-0.4, -0.2) is 22.9 Å². The number of thiazole rings is 1. The van der Waals surface area contributed by atoms with Crippen LogP contribution in [0.4, 0.5) is 10.8 Å². The lowest BCUT2D eigenvalue weighted by Gasteiger charge is -2.03. The fraction of sp³-hybridized carbons (Fsp3) is 0.158. The van der Waals surface area contributed by atoms with Crippen LogP contribution in [0, 0.1) is 24.0 Å². The highest BCUT2D eigenvalue weighted by Crippen LogP contribution is 2.31. The Morgan fingerprint density at radius 1 is 1.19 bits per heavy atom. The second kappa shape index (κ2) is 7.55. The van der Waals surface area contributed by atoms with Gasteiger partial charge in [-0.25, -0.2) is 4.98 Å². The van der Waals surface area contributed by atoms with E-state index in [9.17, 15) is 14.9 Å². The van der Waals surface area contributed by atoms with Crippen molar-refractivity contribution in [2.45, 2.75) is 13.8 Å². The van der Waals surface area contributed by atoms with E-state index in [2.05, 4.69) is 10.3 Å². The summed E-state index contributed by atoms with van der Waals surface area (Å²) >= 11 is 1.35. The number of nitro benzene ring substituents is 1. The fourth-order valence-electron chi connectivity index (χ4n) is 2.58. The lowest BCUT2D eigenvalue weighted by Crippen LogP contribution is -2.12. The summed E-state index contributed by atoms with van der Waals surface area (Å²) in [5.41, 5.74) is 2.32. The van der Waals surface area contributed by atoms with E-state index in [-0.39, 0.29) is 11.3 Å². The number of nitrogens with zero attached hydrogens (tertiary/aromatic N) is 2. The zero-order valence-electron chi connectivity index (χ0n) is 15.0. The molecule has 2 aromatic carbocycles. The second-order valence-corrected chi connectivity index (χ2v) is 7.07. The molecular formula is C19H17N3O4S. The molecule has 0 fully saturated rings. The van der Waals surface area contributed by atoms with E-state index in [1.54, 1.807) is 26.2 Å². The fourth-order valence-corrected chi connectivity index (χ4v) is 3.41. The molecule has 1 heterocycles. The van der Waals surface area contributed by atoms with Crippen molar-refractivity contribution in [1.82, 2.24) is 4.98 Å². The molecule has 0 radical (unpaired) electrons. The monoisotopic (exact) mass is 383 g/mol. The molecule has 1 N–H and O–H groups in total. The van der Waals surface area contributed by atoms with E-state index < -0.39 is 10.8 Å². The number of aromatic nitrogens is 1. The Labute approximate surface area is 159 Å². The van der Waals surface area contributed by atoms with Gasteiger partial charge in [0.25, 0.3) is 11.6 Å². The smallest absolute Gasteiger partial charge is 0.273 e. The number of methoxy groups -OCH3 is 1. The van der Waals surface area contributed by atoms with Crippen LogP contribution in [0.15, 0.2) is 42.5 Å². The van der Waals surface area contributed by atoms with Gasteiger partial charge in [0, 0.05) is 27.6 Å². The molecule has 1 amide bonds. The highest BCUT2D eigenvalue weighted by molar-refractivity contribution is 7.16. The molecule has 7 nitrogen and oxygen atoms in total. The largest absolute Gasteiger partial charge is 0.497 e. The molecule has 3 rings (SSSR count). The number of hydrogen-bond acceptors (Lipinski definition) is 6. The summed E-state index contributed by atoms with van der Waals surface area (Å²) in [5.74, 6) is 0.314. The Morgan fingerprint density at radius 3 is 2.52 bits per heavy atom. The molecular weight excluding hydrogens is 366 g/mol. The molecule has 3 aromatic rings. The first-order valence-corrected chi connectivity index (χ1v) is 8.89. The molecule has 1 aromatic heterocycles. The van der Waals surface area contributed by atoms with Crippen molar-refractivity contribution in [2.24, 2.45) is 0 Å². The van der Waals surface area contributed by atoms with Crippen molar-refractivity contribution >= 4 is 28.1 Å². The zero-order chi connectivity index (χ0) is 19.6. The van der Waals surface area contributed by atoms with Gasteiger partial charge in [0.1, 0.15) is 5.75 Å². The van der Waals surface area contributed by atoms with E-state index in [4.69, 9.17) is 4.74 Å². The molecule has 0 aliphatic carbocycles. The minimum absolute atomic E-state index is 0.0862. The van der Waals surface area contributed by atoms with Crippen molar-refractivity contribution in [3.8, 4) is 17.0 Å². The van der Waals surface area contributed by atoms with Crippen LogP contribution in [0.5, 0.6) is 5.75 Å². The molecule has 8 heteroatoms. The van der Waals surface area contributed by atoms with Crippen LogP contribution in [0.2, 0.25) is 0 Å². The third-order valence-corrected chi connectivity index (χ3v) is 4.93. The topological polar surface area (TPSA) is 94.4 Å². The summed E-state index contributed by atoms with van der Waals surface area (Å²) in [6.45, 7) is 3.55. The van der Waals surface area contributed by atoms with Gasteiger partial charge < -0.3 is 4.74 Å². The molecule has 0 spiro atoms. The maximum Gasteiger partial charge on any atom is 0.273 e. The van der Waals surface area contributed by atoms with Crippen LogP contribution in [0.3, 0.4) is 0 Å². The van der Waals surface area contributed by atoms with E-state index in [1.807, 2.05) is 31.2 Å². The third-order valence-electron chi connectivity index (χ3n) is 4.05. The van der Waals surface area contributed by atoms with Crippen LogP contribution in [-0.2, 0) is 0 Å². The van der Waals surface area contributed by atoms with Gasteiger partial charge in [-0.05, 0) is 44.2 Å². The number of benzene rings is 2. The van der Waals surface area contributed by atoms with E-state index in [1.165, 1.54) is 17.4 Å². The molecule has 0 aliphatic rings. The molecule has 27 heavy (non-hydrogen) atoms. The maximum atomic E-state index is 12.5. The van der Waals surface area contributed by atoms with Gasteiger partial charge in [-0.15, -0.1) is 11.3 Å². The summed E-state index contributed by atoms with van der Waals surface area (Å²) in [4.78, 5) is 28.5. The average Bonchev–Trinajstić information content (AvgIpc) is 3.02. The number of rotatable bonds is 5. The van der Waals surface area contributed by atoms with Crippen molar-refractivity contribution in [3.63, 3.8) is 0 Å². The molecule has 138 valence electrons. The van der Waals surface area contributed by atoms with E-state index >= 15 is 0 Å². The summed E-state index contributed by atoms with van der Waals surface area (Å²) in [6.07, 6.45) is 0. The van der Waals surface area contributed by atoms with Crippen LogP contribution in [0.25, 0.3) is 11.3 Å². The number of aryl methyl sites for hydroxylation is 2. The van der Waals surface area contributed by atoms with Gasteiger partial charge in [0.15, 0.2) is 5.13 Å². The number of hydrogen-bond donors (Lipinski definition) is 1. The first kappa shape index (κ1) is 18.5. The van der Waals surface area contributed by atoms with Gasteiger partial charge in [0.2, 0.25) is 0 Å². The maximum absolute atomic E-state index is 12.5. The number of amides is 1. The zero-order valence-corrected chi connectivity index (χ0v) is 15.8. The van der Waals surface area contributed by atoms with Crippen LogP contribution in [0.1, 0.15) is 20.8 Å². The Hall–Kier alpha value is -3.26. The Balaban J connectivity index is 1.83. The standard InChI is InChI=1S/C19H17N3O4S/c1-11-4-5-14(10-16(11)22(24)25)18(23)21-19-20-17(12(2)27-19)13-6-8-15(26-3)9-7-13/h4-10H,1-3H3,(H,20,21,23). The Kier molecular flexibility index (Phi) is 5.18. The number of nitrogens with one attached hydrogen (secondary N) is 1. The molecule has 0 aliphatic heterocycles. The summed E-state index contributed by atoms with van der Waals surface area (Å²) in [6, 6.07) is 11.9. The SMILES string of the molecule is COc1ccc(-c2nc(NC(=O)c3ccc(C)c([N+](=O)[O-])c3)sc2C)cc1. The Bertz CT molecular complexity index is 1010. The number of ether oxygens (including phenoxy) is 1. The summed E-state index contributed by atoms with van der Waals surface area (Å²) < 4.78 is 5.15. The number of carbonyl (C=O) groups is 1. The highest BCUT2D eigenvalue weighted by Gasteiger charge is 2.17. The lowest BCUT2D eigenvalue weighted by atomic mass is 10.1. The first-order chi connectivity index (χ1) is 12.9. The van der Waals surface area contributed by atoms with Gasteiger partial charge in [0.05, 0.1) is 17.7 Å². The minimum atomic E-state index is -0.499. The lowest BCUT2D eigenvalue weighted by molar-refractivity contribution is -0.385. The normalized spacial score (nSPS) is 10.5. The molecule has 0 bridgehead atoms. The third kappa shape index (κ3) is 3.95. The van der Waals surface area contributed by atoms with Gasteiger partial charge in [-0.3, -0.25) is 20.2 Å². The summed E-state index contributed by atoms with van der Waals surface area (Å²) in [7, 11) is 1.60. The van der Waals surface area contributed by atoms with E-state index in [0.717, 1.165) is 21.9 Å². The second-order valence-electron chi connectivity index (χ2n) is 5.86. The predicted molar refractivity (Wildman–Crippen MR) is 105 cm³/mol. The quantitative estimate of drug-likeness (QED) is 0.513. The number of anilines is 1. The molecule has 0 saturated carbocycles. The van der Waals surface area contributed by atoms with Gasteiger partial charge >= 0.3 is 0 Å². The van der Waals surface area contributed by atoms with Crippen LogP contribution >= 0.6 is 11.3 Å². The van der Waals surface area contributed by atoms with Gasteiger partial charge in [-0.1, -0.05) is 6.07 Å². The van der Waals surface area contributed by atoms with Crippen LogP contribution < -0.4 is 10.1 Å². The molecule has 0 unspecified atom stereocenters. The molecule has 0 atom stereocenters. The van der Waals surface area contributed by atoms with Gasteiger partial charge in [-0.2, -0.15) is 0 Å². The van der Waals surface area contributed by atoms with E-state index in [0.29, 0.717) is 10.7 Å². The van der Waals surface area contributed by atoms with Crippen molar-refractivity contribution in [3.05, 3.63) is 68.6 Å². The van der Waals surface area contributed by atoms with Crippen molar-refractivity contribution in [2.75, 3.05) is 12.4 Å². The highest BCUT2D eigenvalue weighted by atomic mass is 32.1. The predicted octanol–water partition coefficient (Wildman–Crippen LogP) is 4.60. The average molecular weight is 383 g/mol. The molecule has 0 saturated heterocycles.